The summed E-state index contributed by atoms with van der Waals surface area (Å²) in [4.78, 5) is 3.22. The van der Waals surface area contributed by atoms with Crippen molar-refractivity contribution in [2.24, 2.45) is 0 Å². The van der Waals surface area contributed by atoms with Crippen molar-refractivity contribution < 1.29 is 39.6 Å². The van der Waals surface area contributed by atoms with Crippen LogP contribution in [-0.4, -0.2) is 0 Å². The van der Waals surface area contributed by atoms with Crippen LogP contribution in [0.4, 0.5) is 0 Å². The van der Waals surface area contributed by atoms with Crippen molar-refractivity contribution in [1.29, 1.82) is 0 Å². The van der Waals surface area contributed by atoms with Gasteiger partial charge >= 0.3 is 28.2 Å². The maximum absolute atomic E-state index is 2.23. The summed E-state index contributed by atoms with van der Waals surface area (Å²) in [6.07, 6.45) is 0. The maximum Gasteiger partial charge on any atom is 0 e. The third-order valence-electron chi connectivity index (χ3n) is 6.24. The summed E-state index contributed by atoms with van der Waals surface area (Å²) in [6.45, 7) is 0. The fraction of sp³-hybridized carbons (Fsp3) is 0.0526. The van der Waals surface area contributed by atoms with Gasteiger partial charge in [-0.1, -0.05) is 182 Å². The van der Waals surface area contributed by atoms with Crippen molar-refractivity contribution in [3.63, 3.8) is 0 Å². The van der Waals surface area contributed by atoms with Crippen LogP contribution in [0, 0.1) is 0 Å². The predicted octanol–water partition coefficient (Wildman–Crippen LogP) is 7.81. The molecule has 0 bridgehead atoms. The monoisotopic (exact) mass is 942 g/mol. The van der Waals surface area contributed by atoms with Gasteiger partial charge in [0.25, 0.3) is 0 Å². The second-order valence-electron chi connectivity index (χ2n) is 9.16. The van der Waals surface area contributed by atoms with Gasteiger partial charge in [0.05, 0.1) is 0 Å². The van der Waals surface area contributed by atoms with Gasteiger partial charge in [-0.3, -0.25) is 0 Å². The molecule has 0 spiro atoms. The Bertz CT molecular complexity index is 1220. The van der Waals surface area contributed by atoms with Crippen molar-refractivity contribution in [2.75, 3.05) is 0 Å². The molecule has 0 aromatic heterocycles. The summed E-state index contributed by atoms with van der Waals surface area (Å²) in [5.41, 5.74) is 0. The van der Waals surface area contributed by atoms with E-state index in [2.05, 4.69) is 182 Å². The minimum absolute atomic E-state index is 0. The summed E-state index contributed by atoms with van der Waals surface area (Å²) in [5.74, 6) is 0. The van der Waals surface area contributed by atoms with Crippen molar-refractivity contribution in [2.45, 2.75) is 9.62 Å². The number of hydrogen-bond acceptors (Lipinski definition) is 0. The van der Waals surface area contributed by atoms with E-state index in [9.17, 15) is 0 Å². The molecule has 216 valence electrons. The number of benzene rings is 6. The molecule has 6 aromatic rings. The second-order valence-corrected chi connectivity index (χ2v) is 17.0. The normalized spacial score (nSPS) is 11.5. The van der Waals surface area contributed by atoms with E-state index >= 15 is 0 Å². The molecular formula is C38H34P2Pt2. The molecule has 1 aliphatic heterocycles. The zero-order valence-electron chi connectivity index (χ0n) is 23.3. The van der Waals surface area contributed by atoms with Crippen LogP contribution in [0.2, 0.25) is 9.62 Å². The van der Waals surface area contributed by atoms with Crippen molar-refractivity contribution in [1.82, 2.24) is 0 Å². The van der Waals surface area contributed by atoms with Gasteiger partial charge in [-0.2, -0.15) is 0 Å². The van der Waals surface area contributed by atoms with E-state index in [0.717, 1.165) is 18.6 Å². The molecule has 0 N–H and O–H groups in total. The molecule has 6 aromatic carbocycles. The third-order valence-corrected chi connectivity index (χ3v) is 12.3. The van der Waals surface area contributed by atoms with Crippen molar-refractivity contribution in [3.8, 4) is 0 Å². The minimum atomic E-state index is -0.446. The van der Waals surface area contributed by atoms with Crippen LogP contribution in [0.1, 0.15) is 0 Å². The molecule has 1 heterocycles. The first kappa shape index (κ1) is 32.5. The first-order valence-corrected chi connectivity index (χ1v) is 19.6. The maximum atomic E-state index is 2.23. The van der Waals surface area contributed by atoms with Crippen LogP contribution in [0.15, 0.2) is 182 Å². The van der Waals surface area contributed by atoms with E-state index in [1.54, 1.807) is 9.62 Å². The Balaban J connectivity index is 0.000000171. The van der Waals surface area contributed by atoms with Crippen LogP contribution in [0.3, 0.4) is 0 Å². The van der Waals surface area contributed by atoms with Crippen LogP contribution in [0.25, 0.3) is 0 Å². The SMILES string of the molecule is [CH2]1[CH2][Pt]1.[Pt].c1ccc(P(c2ccccc2)c2ccccc2)cc1.c1ccc(P(c2ccccc2)c2ccccc2)cc1. The molecule has 4 heteroatoms. The average Bonchev–Trinajstić information content (AvgIpc) is 3.95. The Kier molecular flexibility index (Phi) is 14.1. The van der Waals surface area contributed by atoms with Gasteiger partial charge in [0, 0.05) is 21.1 Å². The Morgan fingerprint density at radius 2 is 0.429 bits per heavy atom. The van der Waals surface area contributed by atoms with E-state index in [-0.39, 0.29) is 21.1 Å². The van der Waals surface area contributed by atoms with Crippen LogP contribution >= 0.6 is 15.8 Å². The fourth-order valence-electron chi connectivity index (χ4n) is 4.36. The van der Waals surface area contributed by atoms with Gasteiger partial charge in [-0.25, -0.2) is 0 Å². The van der Waals surface area contributed by atoms with E-state index in [1.807, 2.05) is 0 Å². The molecule has 0 nitrogen and oxygen atoms in total. The van der Waals surface area contributed by atoms with Crippen molar-refractivity contribution >= 4 is 47.7 Å². The van der Waals surface area contributed by atoms with Gasteiger partial charge in [0.1, 0.15) is 0 Å². The van der Waals surface area contributed by atoms with Gasteiger partial charge < -0.3 is 0 Å². The van der Waals surface area contributed by atoms with E-state index in [4.69, 9.17) is 0 Å². The summed E-state index contributed by atoms with van der Waals surface area (Å²) in [6, 6.07) is 64.7. The second kappa shape index (κ2) is 18.3. The topological polar surface area (TPSA) is 0 Å². The van der Waals surface area contributed by atoms with E-state index in [1.165, 1.54) is 31.8 Å². The van der Waals surface area contributed by atoms with E-state index in [0.29, 0.717) is 0 Å². The van der Waals surface area contributed by atoms with Crippen molar-refractivity contribution in [3.05, 3.63) is 182 Å². The molecule has 1 fully saturated rings. The molecule has 0 amide bonds. The molecule has 1 saturated heterocycles. The zero-order chi connectivity index (χ0) is 28.0. The smallest absolute Gasteiger partial charge is 0 e. The standard InChI is InChI=1S/2C18H15P.C2H4.2Pt/c2*1-4-10-16(11-5-1)19(17-12-6-2-7-13-17)18-14-8-3-9-15-18;1-2;;/h2*1-15H;1-2H2;;. The summed E-state index contributed by atoms with van der Waals surface area (Å²) in [5, 5.41) is 8.39. The van der Waals surface area contributed by atoms with Crippen LogP contribution in [0.5, 0.6) is 0 Å². The number of rotatable bonds is 6. The summed E-state index contributed by atoms with van der Waals surface area (Å²) in [7, 11) is -0.892. The Morgan fingerprint density at radius 1 is 0.286 bits per heavy atom. The zero-order valence-corrected chi connectivity index (χ0v) is 29.6. The molecule has 0 unspecified atom stereocenters. The number of hydrogen-bond donors (Lipinski definition) is 0. The minimum Gasteiger partial charge on any atom is -0.0622 e. The quantitative estimate of drug-likeness (QED) is 0.150. The molecular weight excluding hydrogens is 909 g/mol. The van der Waals surface area contributed by atoms with Crippen LogP contribution in [-0.2, 0) is 39.6 Å². The summed E-state index contributed by atoms with van der Waals surface area (Å²) >= 11 is 0.833. The first-order chi connectivity index (χ1) is 20.4. The predicted molar refractivity (Wildman–Crippen MR) is 180 cm³/mol. The molecule has 7 rings (SSSR count). The van der Waals surface area contributed by atoms with E-state index < -0.39 is 15.8 Å². The van der Waals surface area contributed by atoms with Gasteiger partial charge in [0.15, 0.2) is 0 Å². The summed E-state index contributed by atoms with van der Waals surface area (Å²) < 4.78 is 0. The molecule has 1 aliphatic rings. The fourth-order valence-corrected chi connectivity index (χ4v) is 8.97. The molecule has 42 heavy (non-hydrogen) atoms. The molecule has 0 saturated carbocycles. The third kappa shape index (κ3) is 10.1. The Morgan fingerprint density at radius 3 is 0.548 bits per heavy atom. The van der Waals surface area contributed by atoms with Gasteiger partial charge in [0.2, 0.25) is 0 Å². The van der Waals surface area contributed by atoms with Crippen LogP contribution < -0.4 is 31.8 Å². The first-order valence-electron chi connectivity index (χ1n) is 13.8. The Hall–Kier alpha value is -2.44. The largest absolute Gasteiger partial charge is 0.0622 e. The van der Waals surface area contributed by atoms with Gasteiger partial charge in [-0.05, 0) is 47.7 Å². The molecule has 0 aliphatic carbocycles. The van der Waals surface area contributed by atoms with Gasteiger partial charge in [-0.15, -0.1) is 0 Å². The average molecular weight is 943 g/mol. The Labute approximate surface area is 277 Å². The molecule has 0 atom stereocenters. The molecule has 0 radical (unpaired) electrons.